The van der Waals surface area contributed by atoms with Crippen LogP contribution in [-0.2, 0) is 22.4 Å². The van der Waals surface area contributed by atoms with E-state index in [1.54, 1.807) is 24.3 Å². The van der Waals surface area contributed by atoms with Crippen LogP contribution in [0, 0.1) is 0 Å². The summed E-state index contributed by atoms with van der Waals surface area (Å²) >= 11 is 16.5. The van der Waals surface area contributed by atoms with Crippen molar-refractivity contribution in [2.45, 2.75) is 25.7 Å². The van der Waals surface area contributed by atoms with Gasteiger partial charge in [0.25, 0.3) is 0 Å². The van der Waals surface area contributed by atoms with Crippen LogP contribution >= 0.6 is 34.8 Å². The molecule has 3 nitrogen and oxygen atoms in total. The fourth-order valence-corrected chi connectivity index (χ4v) is 2.14. The third kappa shape index (κ3) is 9.56. The van der Waals surface area contributed by atoms with E-state index in [0.29, 0.717) is 29.3 Å². The molecule has 0 bridgehead atoms. The van der Waals surface area contributed by atoms with Crippen LogP contribution in [0.1, 0.15) is 24.0 Å². The summed E-state index contributed by atoms with van der Waals surface area (Å²) in [6, 6.07) is 14.6. The van der Waals surface area contributed by atoms with E-state index in [4.69, 9.17) is 39.9 Å². The fourth-order valence-electron chi connectivity index (χ4n) is 1.80. The molecule has 0 heterocycles. The summed E-state index contributed by atoms with van der Waals surface area (Å²) in [5.41, 5.74) is 2.08. The Morgan fingerprint density at radius 1 is 0.750 bits per heavy atom. The first-order valence-corrected chi connectivity index (χ1v) is 8.39. The van der Waals surface area contributed by atoms with Crippen molar-refractivity contribution >= 4 is 46.0 Å². The summed E-state index contributed by atoms with van der Waals surface area (Å²) < 4.78 is 0. The number of carboxylic acid groups (broad SMARTS) is 1. The molecule has 0 aliphatic heterocycles. The van der Waals surface area contributed by atoms with E-state index >= 15 is 0 Å². The first-order valence-electron chi connectivity index (χ1n) is 7.26. The van der Waals surface area contributed by atoms with Gasteiger partial charge >= 0.3 is 5.97 Å². The number of hydrogen-bond donors (Lipinski definition) is 1. The number of hydrogen-bond acceptors (Lipinski definition) is 2. The summed E-state index contributed by atoms with van der Waals surface area (Å²) in [7, 11) is 0. The van der Waals surface area contributed by atoms with Crippen LogP contribution in [-0.4, -0.2) is 16.3 Å². The highest BCUT2D eigenvalue weighted by Gasteiger charge is 1.98. The molecule has 0 fully saturated rings. The minimum atomic E-state index is -0.773. The average molecular weight is 388 g/mol. The van der Waals surface area contributed by atoms with Crippen LogP contribution in [0.4, 0.5) is 0 Å². The third-order valence-electron chi connectivity index (χ3n) is 3.06. The molecule has 0 aliphatic rings. The normalized spacial score (nSPS) is 9.79. The van der Waals surface area contributed by atoms with Crippen LogP contribution in [0.5, 0.6) is 0 Å². The lowest BCUT2D eigenvalue weighted by molar-refractivity contribution is -0.137. The first-order chi connectivity index (χ1) is 11.4. The molecule has 0 saturated carbocycles. The van der Waals surface area contributed by atoms with Gasteiger partial charge in [0.2, 0.25) is 5.24 Å². The highest BCUT2D eigenvalue weighted by molar-refractivity contribution is 6.63. The maximum atomic E-state index is 10.4. The molecule has 0 aliphatic carbocycles. The molecule has 2 aromatic carbocycles. The number of aliphatic carboxylic acids is 1. The Hall–Kier alpha value is -1.55. The molecule has 2 aromatic rings. The average Bonchev–Trinajstić information content (AvgIpc) is 2.54. The highest BCUT2D eigenvalue weighted by Crippen LogP contribution is 2.11. The van der Waals surface area contributed by atoms with Crippen molar-refractivity contribution in [3.8, 4) is 0 Å². The Balaban J connectivity index is 0.000000240. The van der Waals surface area contributed by atoms with E-state index in [1.165, 1.54) is 0 Å². The molecule has 0 unspecified atom stereocenters. The lowest BCUT2D eigenvalue weighted by Crippen LogP contribution is -1.96. The van der Waals surface area contributed by atoms with E-state index in [9.17, 15) is 9.59 Å². The lowest BCUT2D eigenvalue weighted by atomic mass is 10.1. The summed E-state index contributed by atoms with van der Waals surface area (Å²) in [5.74, 6) is -0.773. The second-order valence-corrected chi connectivity index (χ2v) is 6.30. The zero-order valence-electron chi connectivity index (χ0n) is 12.8. The Bertz CT molecular complexity index is 593. The van der Waals surface area contributed by atoms with Crippen LogP contribution in [0.2, 0.25) is 10.0 Å². The van der Waals surface area contributed by atoms with E-state index in [-0.39, 0.29) is 11.7 Å². The molecule has 0 spiro atoms. The van der Waals surface area contributed by atoms with E-state index in [2.05, 4.69) is 0 Å². The molecular weight excluding hydrogens is 371 g/mol. The van der Waals surface area contributed by atoms with E-state index in [0.717, 1.165) is 11.1 Å². The molecule has 0 saturated heterocycles. The van der Waals surface area contributed by atoms with Crippen LogP contribution < -0.4 is 0 Å². The number of halogens is 3. The third-order valence-corrected chi connectivity index (χ3v) is 3.76. The first kappa shape index (κ1) is 20.5. The van der Waals surface area contributed by atoms with Gasteiger partial charge < -0.3 is 5.11 Å². The zero-order chi connectivity index (χ0) is 17.9. The molecule has 24 heavy (non-hydrogen) atoms. The molecule has 2 rings (SSSR count). The number of carbonyl (C=O) groups is 2. The van der Waals surface area contributed by atoms with Gasteiger partial charge in [-0.05, 0) is 59.8 Å². The number of carboxylic acids is 1. The lowest BCUT2D eigenvalue weighted by Gasteiger charge is -1.97. The SMILES string of the molecule is O=C(Cl)CCc1ccc(Cl)cc1.O=C(O)CCc1ccc(Cl)cc1. The van der Waals surface area contributed by atoms with Gasteiger partial charge in [-0.25, -0.2) is 0 Å². The van der Waals surface area contributed by atoms with Crippen LogP contribution in [0.3, 0.4) is 0 Å². The van der Waals surface area contributed by atoms with Gasteiger partial charge in [0.15, 0.2) is 0 Å². The van der Waals surface area contributed by atoms with Crippen molar-refractivity contribution in [3.63, 3.8) is 0 Å². The van der Waals surface area contributed by atoms with Crippen molar-refractivity contribution in [1.82, 2.24) is 0 Å². The molecule has 0 atom stereocenters. The van der Waals surface area contributed by atoms with Gasteiger partial charge in [0.05, 0.1) is 0 Å². The van der Waals surface area contributed by atoms with Crippen LogP contribution in [0.15, 0.2) is 48.5 Å². The highest BCUT2D eigenvalue weighted by atomic mass is 35.5. The Morgan fingerprint density at radius 3 is 1.46 bits per heavy atom. The predicted octanol–water partition coefficient (Wildman–Crippen LogP) is 5.40. The molecule has 128 valence electrons. The number of carbonyl (C=O) groups excluding carboxylic acids is 1. The Kier molecular flexibility index (Phi) is 9.46. The quantitative estimate of drug-likeness (QED) is 0.676. The summed E-state index contributed by atoms with van der Waals surface area (Å²) in [4.78, 5) is 20.6. The number of aryl methyl sites for hydroxylation is 2. The smallest absolute Gasteiger partial charge is 0.303 e. The van der Waals surface area contributed by atoms with Crippen molar-refractivity contribution in [3.05, 3.63) is 69.7 Å². The topological polar surface area (TPSA) is 54.4 Å². The standard InChI is InChI=1S/C9H8Cl2O.C9H9ClO2/c2*10-8-4-1-7(2-5-8)3-6-9(11)12/h1-2,4-5H,3,6H2;1-2,4-5H,3,6H2,(H,11,12). The van der Waals surface area contributed by atoms with Crippen molar-refractivity contribution in [2.24, 2.45) is 0 Å². The maximum absolute atomic E-state index is 10.4. The number of benzene rings is 2. The van der Waals surface area contributed by atoms with Gasteiger partial charge in [-0.1, -0.05) is 47.5 Å². The van der Waals surface area contributed by atoms with Crippen molar-refractivity contribution in [2.75, 3.05) is 0 Å². The Morgan fingerprint density at radius 2 is 1.12 bits per heavy atom. The molecule has 0 aromatic heterocycles. The Labute approximate surface area is 156 Å². The van der Waals surface area contributed by atoms with Crippen LogP contribution in [0.25, 0.3) is 0 Å². The van der Waals surface area contributed by atoms with Crippen molar-refractivity contribution in [1.29, 1.82) is 0 Å². The maximum Gasteiger partial charge on any atom is 0.303 e. The second-order valence-electron chi connectivity index (χ2n) is 5.00. The number of rotatable bonds is 6. The monoisotopic (exact) mass is 386 g/mol. The molecule has 6 heteroatoms. The minimum absolute atomic E-state index is 0.168. The van der Waals surface area contributed by atoms with Gasteiger partial charge in [-0.15, -0.1) is 0 Å². The molecule has 1 N–H and O–H groups in total. The molecular formula is C18H17Cl3O3. The largest absolute Gasteiger partial charge is 0.481 e. The van der Waals surface area contributed by atoms with Gasteiger partial charge in [-0.2, -0.15) is 0 Å². The predicted molar refractivity (Wildman–Crippen MR) is 98.0 cm³/mol. The van der Waals surface area contributed by atoms with Gasteiger partial charge in [0.1, 0.15) is 0 Å². The second kappa shape index (κ2) is 11.1. The van der Waals surface area contributed by atoms with Gasteiger partial charge in [-0.3, -0.25) is 9.59 Å². The summed E-state index contributed by atoms with van der Waals surface area (Å²) in [5, 5.41) is 9.48. The van der Waals surface area contributed by atoms with E-state index in [1.807, 2.05) is 24.3 Å². The zero-order valence-corrected chi connectivity index (χ0v) is 15.1. The minimum Gasteiger partial charge on any atom is -0.481 e. The fraction of sp³-hybridized carbons (Fsp3) is 0.222. The molecule has 0 radical (unpaired) electrons. The van der Waals surface area contributed by atoms with Gasteiger partial charge in [0, 0.05) is 22.9 Å². The van der Waals surface area contributed by atoms with E-state index < -0.39 is 5.97 Å². The summed E-state index contributed by atoms with van der Waals surface area (Å²) in [6.07, 6.45) is 1.79. The molecule has 0 amide bonds. The summed E-state index contributed by atoms with van der Waals surface area (Å²) in [6.45, 7) is 0. The van der Waals surface area contributed by atoms with Crippen molar-refractivity contribution < 1.29 is 14.7 Å².